The predicted molar refractivity (Wildman–Crippen MR) is 70.1 cm³/mol. The summed E-state index contributed by atoms with van der Waals surface area (Å²) in [5.74, 6) is 0. The van der Waals surface area contributed by atoms with Gasteiger partial charge in [0.15, 0.2) is 0 Å². The molecule has 0 aliphatic carbocycles. The Morgan fingerprint density at radius 3 is 3.17 bits per heavy atom. The lowest BCUT2D eigenvalue weighted by molar-refractivity contribution is 0.561. The molecule has 0 amide bonds. The van der Waals surface area contributed by atoms with Gasteiger partial charge in [0.25, 0.3) is 0 Å². The predicted octanol–water partition coefficient (Wildman–Crippen LogP) is 1.95. The van der Waals surface area contributed by atoms with Crippen LogP contribution in [0.2, 0.25) is 0 Å². The van der Waals surface area contributed by atoms with Crippen molar-refractivity contribution in [1.29, 1.82) is 0 Å². The molecule has 1 N–H and O–H groups in total. The van der Waals surface area contributed by atoms with Crippen molar-refractivity contribution in [2.75, 3.05) is 6.54 Å². The van der Waals surface area contributed by atoms with Gasteiger partial charge >= 0.3 is 0 Å². The largest absolute Gasteiger partial charge is 0.333 e. The van der Waals surface area contributed by atoms with Crippen LogP contribution in [0.1, 0.15) is 30.3 Å². The van der Waals surface area contributed by atoms with Gasteiger partial charge in [0, 0.05) is 37.1 Å². The summed E-state index contributed by atoms with van der Waals surface area (Å²) in [6.45, 7) is 2.07. The molecule has 1 fully saturated rings. The average Bonchev–Trinajstić information content (AvgIpc) is 3.08. The lowest BCUT2D eigenvalue weighted by Gasteiger charge is -2.13. The van der Waals surface area contributed by atoms with Gasteiger partial charge in [-0.2, -0.15) is 0 Å². The van der Waals surface area contributed by atoms with Crippen LogP contribution >= 0.6 is 0 Å². The van der Waals surface area contributed by atoms with Gasteiger partial charge < -0.3 is 9.88 Å². The summed E-state index contributed by atoms with van der Waals surface area (Å²) in [5, 5.41) is 3.52. The third-order valence-corrected chi connectivity index (χ3v) is 3.50. The maximum atomic E-state index is 4.36. The van der Waals surface area contributed by atoms with Gasteiger partial charge in [-0.3, -0.25) is 4.98 Å². The molecule has 0 saturated carbocycles. The number of nitrogens with one attached hydrogen (secondary N) is 1. The summed E-state index contributed by atoms with van der Waals surface area (Å²) in [7, 11) is 0. The minimum atomic E-state index is 0.483. The van der Waals surface area contributed by atoms with Crippen LogP contribution in [0.25, 0.3) is 0 Å². The third kappa shape index (κ3) is 2.43. The van der Waals surface area contributed by atoms with Gasteiger partial charge in [-0.15, -0.1) is 0 Å². The van der Waals surface area contributed by atoms with Crippen LogP contribution in [0.3, 0.4) is 0 Å². The van der Waals surface area contributed by atoms with Crippen LogP contribution in [0.5, 0.6) is 0 Å². The molecule has 0 radical (unpaired) electrons. The van der Waals surface area contributed by atoms with Crippen LogP contribution in [-0.2, 0) is 13.0 Å². The number of imidazole rings is 1. The number of hydrogen-bond acceptors (Lipinski definition) is 3. The van der Waals surface area contributed by atoms with Gasteiger partial charge in [0.2, 0.25) is 0 Å². The zero-order valence-electron chi connectivity index (χ0n) is 10.4. The normalized spacial score (nSPS) is 19.2. The fourth-order valence-electron chi connectivity index (χ4n) is 2.53. The first kappa shape index (κ1) is 11.4. The molecular formula is C14H18N4. The summed E-state index contributed by atoms with van der Waals surface area (Å²) in [4.78, 5) is 8.64. The molecule has 94 valence electrons. The Morgan fingerprint density at radius 1 is 1.39 bits per heavy atom. The number of rotatable bonds is 4. The Bertz CT molecular complexity index is 486. The summed E-state index contributed by atoms with van der Waals surface area (Å²) in [6.07, 6.45) is 9.20. The lowest BCUT2D eigenvalue weighted by atomic mass is 10.1. The molecule has 4 heteroatoms. The van der Waals surface area contributed by atoms with Crippen molar-refractivity contribution in [2.45, 2.75) is 31.8 Å². The van der Waals surface area contributed by atoms with Gasteiger partial charge in [0.1, 0.15) is 0 Å². The molecule has 1 atom stereocenters. The molecule has 3 rings (SSSR count). The number of pyridine rings is 1. The van der Waals surface area contributed by atoms with Crippen molar-refractivity contribution in [2.24, 2.45) is 0 Å². The molecule has 3 heterocycles. The highest BCUT2D eigenvalue weighted by Gasteiger charge is 2.19. The number of aryl methyl sites for hydroxylation is 2. The molecule has 18 heavy (non-hydrogen) atoms. The molecule has 1 aliphatic rings. The van der Waals surface area contributed by atoms with Crippen molar-refractivity contribution in [3.63, 3.8) is 0 Å². The highest BCUT2D eigenvalue weighted by Crippen LogP contribution is 2.22. The third-order valence-electron chi connectivity index (χ3n) is 3.50. The van der Waals surface area contributed by atoms with Crippen molar-refractivity contribution < 1.29 is 0 Å². The second kappa shape index (κ2) is 5.31. The van der Waals surface area contributed by atoms with E-state index in [9.17, 15) is 0 Å². The monoisotopic (exact) mass is 242 g/mol. The fourth-order valence-corrected chi connectivity index (χ4v) is 2.53. The van der Waals surface area contributed by atoms with Crippen molar-refractivity contribution >= 4 is 0 Å². The minimum Gasteiger partial charge on any atom is -0.333 e. The van der Waals surface area contributed by atoms with E-state index in [1.165, 1.54) is 18.5 Å². The maximum Gasteiger partial charge on any atom is 0.0948 e. The zero-order valence-corrected chi connectivity index (χ0v) is 10.4. The molecule has 0 aromatic carbocycles. The first-order valence-electron chi connectivity index (χ1n) is 6.57. The highest BCUT2D eigenvalue weighted by molar-refractivity contribution is 5.08. The Balaban J connectivity index is 1.68. The second-order valence-electron chi connectivity index (χ2n) is 4.73. The summed E-state index contributed by atoms with van der Waals surface area (Å²) in [6, 6.07) is 6.55. The summed E-state index contributed by atoms with van der Waals surface area (Å²) in [5.41, 5.74) is 2.44. The molecule has 1 aliphatic heterocycles. The molecule has 2 aromatic heterocycles. The van der Waals surface area contributed by atoms with E-state index in [-0.39, 0.29) is 0 Å². The first-order chi connectivity index (χ1) is 8.93. The molecular weight excluding hydrogens is 224 g/mol. The van der Waals surface area contributed by atoms with Gasteiger partial charge in [0.05, 0.1) is 12.0 Å². The fraction of sp³-hybridized carbons (Fsp3) is 0.429. The Morgan fingerprint density at radius 2 is 2.39 bits per heavy atom. The van der Waals surface area contributed by atoms with Crippen LogP contribution in [0.15, 0.2) is 36.9 Å². The second-order valence-corrected chi connectivity index (χ2v) is 4.73. The molecule has 0 bridgehead atoms. The highest BCUT2D eigenvalue weighted by atomic mass is 15.1. The molecule has 4 nitrogen and oxygen atoms in total. The first-order valence-corrected chi connectivity index (χ1v) is 6.57. The van der Waals surface area contributed by atoms with E-state index in [0.29, 0.717) is 6.04 Å². The van der Waals surface area contributed by atoms with E-state index in [4.69, 9.17) is 0 Å². The van der Waals surface area contributed by atoms with Gasteiger partial charge in [-0.25, -0.2) is 4.98 Å². The molecule has 1 saturated heterocycles. The van der Waals surface area contributed by atoms with Crippen molar-refractivity contribution in [3.05, 3.63) is 48.3 Å². The number of aromatic nitrogens is 3. The maximum absolute atomic E-state index is 4.36. The Hall–Kier alpha value is -1.68. The number of nitrogens with zero attached hydrogens (tertiary/aromatic N) is 3. The van der Waals surface area contributed by atoms with Crippen molar-refractivity contribution in [3.8, 4) is 0 Å². The summed E-state index contributed by atoms with van der Waals surface area (Å²) < 4.78 is 2.25. The SMILES string of the molecule is c1ccc(CCn2cncc2[C@@H]2CCCN2)nc1. The van der Waals surface area contributed by atoms with Crippen LogP contribution in [-0.4, -0.2) is 21.1 Å². The summed E-state index contributed by atoms with van der Waals surface area (Å²) >= 11 is 0. The Kier molecular flexibility index (Phi) is 3.37. The van der Waals surface area contributed by atoms with E-state index in [1.807, 2.05) is 30.9 Å². The molecule has 0 unspecified atom stereocenters. The van der Waals surface area contributed by atoms with Crippen LogP contribution < -0.4 is 5.32 Å². The van der Waals surface area contributed by atoms with E-state index < -0.39 is 0 Å². The van der Waals surface area contributed by atoms with E-state index >= 15 is 0 Å². The molecule has 0 spiro atoms. The Labute approximate surface area is 107 Å². The smallest absolute Gasteiger partial charge is 0.0948 e. The standard InChI is InChI=1S/C14H18N4/c1-2-7-16-12(4-1)6-9-18-11-15-10-14(18)13-5-3-8-17-13/h1-2,4,7,10-11,13,17H,3,5-6,8-9H2/t13-/m0/s1. The van der Waals surface area contributed by atoms with E-state index in [2.05, 4.69) is 25.9 Å². The van der Waals surface area contributed by atoms with Crippen LogP contribution in [0, 0.1) is 0 Å². The number of hydrogen-bond donors (Lipinski definition) is 1. The quantitative estimate of drug-likeness (QED) is 0.891. The minimum absolute atomic E-state index is 0.483. The lowest BCUT2D eigenvalue weighted by Crippen LogP contribution is -2.17. The topological polar surface area (TPSA) is 42.7 Å². The van der Waals surface area contributed by atoms with Gasteiger partial charge in [-0.05, 0) is 31.5 Å². The van der Waals surface area contributed by atoms with E-state index in [1.54, 1.807) is 0 Å². The van der Waals surface area contributed by atoms with Crippen molar-refractivity contribution in [1.82, 2.24) is 19.9 Å². The van der Waals surface area contributed by atoms with Gasteiger partial charge in [-0.1, -0.05) is 6.07 Å². The van der Waals surface area contributed by atoms with Crippen LogP contribution in [0.4, 0.5) is 0 Å². The van der Waals surface area contributed by atoms with E-state index in [0.717, 1.165) is 25.2 Å². The molecule has 2 aromatic rings. The zero-order chi connectivity index (χ0) is 12.2. The average molecular weight is 242 g/mol.